The zero-order valence-electron chi connectivity index (χ0n) is 11.8. The van der Waals surface area contributed by atoms with Crippen LogP contribution in [0.25, 0.3) is 0 Å². The van der Waals surface area contributed by atoms with Crippen LogP contribution in [0.3, 0.4) is 0 Å². The lowest BCUT2D eigenvalue weighted by Gasteiger charge is -2.24. The van der Waals surface area contributed by atoms with Gasteiger partial charge in [-0.15, -0.1) is 0 Å². The largest absolute Gasteiger partial charge is 0.497 e. The first-order chi connectivity index (χ1) is 9.91. The van der Waals surface area contributed by atoms with Gasteiger partial charge < -0.3 is 4.74 Å². The van der Waals surface area contributed by atoms with Gasteiger partial charge in [-0.25, -0.2) is 13.9 Å². The van der Waals surface area contributed by atoms with Crippen LogP contribution in [0.15, 0.2) is 29.2 Å². The Labute approximate surface area is 123 Å². The van der Waals surface area contributed by atoms with E-state index >= 15 is 0 Å². The molecule has 7 nitrogen and oxygen atoms in total. The summed E-state index contributed by atoms with van der Waals surface area (Å²) >= 11 is 0. The normalized spacial score (nSPS) is 23.0. The Morgan fingerprint density at radius 1 is 1.38 bits per heavy atom. The molecule has 2 atom stereocenters. The highest BCUT2D eigenvalue weighted by molar-refractivity contribution is 7.89. The molecule has 8 heteroatoms. The van der Waals surface area contributed by atoms with Gasteiger partial charge in [0.15, 0.2) is 0 Å². The van der Waals surface area contributed by atoms with Gasteiger partial charge in [0.2, 0.25) is 10.0 Å². The molecular weight excluding hydrogens is 296 g/mol. The third-order valence-electron chi connectivity index (χ3n) is 3.70. The zero-order chi connectivity index (χ0) is 15.6. The van der Waals surface area contributed by atoms with Gasteiger partial charge >= 0.3 is 0 Å². The molecule has 1 amide bonds. The van der Waals surface area contributed by atoms with Crippen molar-refractivity contribution in [3.05, 3.63) is 24.3 Å². The molecule has 1 fully saturated rings. The van der Waals surface area contributed by atoms with Crippen LogP contribution < -0.4 is 10.2 Å². The zero-order valence-corrected chi connectivity index (χ0v) is 12.6. The number of carbonyl (C=O) groups excluding carboxylic acids is 1. The average Bonchev–Trinajstić information content (AvgIpc) is 2.89. The fourth-order valence-corrected chi connectivity index (χ4v) is 4.22. The topological polar surface area (TPSA) is 95.9 Å². The molecule has 2 unspecified atom stereocenters. The van der Waals surface area contributed by atoms with Gasteiger partial charge in [0, 0.05) is 6.54 Å². The number of rotatable bonds is 4. The maximum Gasteiger partial charge on any atom is 0.262 e. The number of benzene rings is 1. The van der Waals surface area contributed by atoms with Crippen LogP contribution in [0.5, 0.6) is 5.75 Å². The highest BCUT2D eigenvalue weighted by Crippen LogP contribution is 2.30. The Kier molecular flexibility index (Phi) is 4.50. The predicted octanol–water partition coefficient (Wildman–Crippen LogP) is 0.600. The molecule has 0 radical (unpaired) electrons. The molecule has 0 spiro atoms. The van der Waals surface area contributed by atoms with Gasteiger partial charge in [0.25, 0.3) is 5.91 Å². The molecule has 0 bridgehead atoms. The standard InChI is InChI=1S/C13H18N2O5S/c1-9-7-8-15(12(9)13(16)14-17)21(18,19)11-5-3-10(20-2)4-6-11/h3-6,9,12,17H,7-8H2,1-2H3,(H,14,16). The average molecular weight is 314 g/mol. The summed E-state index contributed by atoms with van der Waals surface area (Å²) in [4.78, 5) is 11.8. The SMILES string of the molecule is COc1ccc(S(=O)(=O)N2CCC(C)C2C(=O)NO)cc1. The number of nitrogens with one attached hydrogen (secondary N) is 1. The first kappa shape index (κ1) is 15.7. The van der Waals surface area contributed by atoms with E-state index in [-0.39, 0.29) is 17.4 Å². The number of hydroxylamine groups is 1. The van der Waals surface area contributed by atoms with Crippen LogP contribution in [-0.2, 0) is 14.8 Å². The minimum Gasteiger partial charge on any atom is -0.497 e. The number of methoxy groups -OCH3 is 1. The summed E-state index contributed by atoms with van der Waals surface area (Å²) in [6, 6.07) is 5.07. The lowest BCUT2D eigenvalue weighted by molar-refractivity contribution is -0.133. The Bertz CT molecular complexity index is 614. The molecule has 2 rings (SSSR count). The van der Waals surface area contributed by atoms with E-state index in [1.807, 2.05) is 0 Å². The molecule has 1 heterocycles. The van der Waals surface area contributed by atoms with Crippen LogP contribution in [0.1, 0.15) is 13.3 Å². The van der Waals surface area contributed by atoms with E-state index in [1.54, 1.807) is 24.5 Å². The summed E-state index contributed by atoms with van der Waals surface area (Å²) in [5, 5.41) is 8.80. The minimum atomic E-state index is -3.80. The van der Waals surface area contributed by atoms with E-state index in [2.05, 4.69) is 0 Å². The molecule has 0 aromatic heterocycles. The Hall–Kier alpha value is -1.64. The van der Waals surface area contributed by atoms with Crippen molar-refractivity contribution in [3.63, 3.8) is 0 Å². The Morgan fingerprint density at radius 3 is 2.52 bits per heavy atom. The number of hydrogen-bond acceptors (Lipinski definition) is 5. The number of ether oxygens (including phenoxy) is 1. The number of carbonyl (C=O) groups is 1. The maximum absolute atomic E-state index is 12.6. The van der Waals surface area contributed by atoms with Gasteiger partial charge in [-0.2, -0.15) is 4.31 Å². The Balaban J connectivity index is 2.35. The smallest absolute Gasteiger partial charge is 0.262 e. The lowest BCUT2D eigenvalue weighted by Crippen LogP contribution is -2.47. The first-order valence-corrected chi connectivity index (χ1v) is 7.95. The van der Waals surface area contributed by atoms with E-state index < -0.39 is 22.0 Å². The van der Waals surface area contributed by atoms with Crippen molar-refractivity contribution in [2.24, 2.45) is 5.92 Å². The van der Waals surface area contributed by atoms with Crippen molar-refractivity contribution < 1.29 is 23.2 Å². The van der Waals surface area contributed by atoms with Crippen LogP contribution >= 0.6 is 0 Å². The predicted molar refractivity (Wildman–Crippen MR) is 74.4 cm³/mol. The lowest BCUT2D eigenvalue weighted by atomic mass is 10.0. The fourth-order valence-electron chi connectivity index (χ4n) is 2.52. The van der Waals surface area contributed by atoms with E-state index in [1.165, 1.54) is 19.2 Å². The van der Waals surface area contributed by atoms with Gasteiger partial charge in [0.1, 0.15) is 11.8 Å². The van der Waals surface area contributed by atoms with Crippen molar-refractivity contribution in [2.45, 2.75) is 24.3 Å². The van der Waals surface area contributed by atoms with E-state index in [0.29, 0.717) is 12.2 Å². The molecule has 2 N–H and O–H groups in total. The fraction of sp³-hybridized carbons (Fsp3) is 0.462. The molecule has 0 saturated carbocycles. The number of nitrogens with zero attached hydrogens (tertiary/aromatic N) is 1. The van der Waals surface area contributed by atoms with Gasteiger partial charge in [-0.05, 0) is 36.6 Å². The molecule has 1 aliphatic heterocycles. The quantitative estimate of drug-likeness (QED) is 0.627. The maximum atomic E-state index is 12.6. The second-order valence-electron chi connectivity index (χ2n) is 4.98. The minimum absolute atomic E-state index is 0.0909. The number of amides is 1. The van der Waals surface area contributed by atoms with Gasteiger partial charge in [-0.3, -0.25) is 10.0 Å². The van der Waals surface area contributed by atoms with Crippen LogP contribution in [-0.4, -0.2) is 43.5 Å². The molecule has 21 heavy (non-hydrogen) atoms. The Morgan fingerprint density at radius 2 is 2.00 bits per heavy atom. The van der Waals surface area contributed by atoms with E-state index in [0.717, 1.165) is 4.31 Å². The highest BCUT2D eigenvalue weighted by atomic mass is 32.2. The third kappa shape index (κ3) is 2.87. The van der Waals surface area contributed by atoms with Gasteiger partial charge in [0.05, 0.1) is 12.0 Å². The molecule has 1 aliphatic rings. The molecule has 0 aliphatic carbocycles. The summed E-state index contributed by atoms with van der Waals surface area (Å²) in [6.07, 6.45) is 0.563. The number of hydrogen-bond donors (Lipinski definition) is 2. The van der Waals surface area contributed by atoms with Gasteiger partial charge in [-0.1, -0.05) is 6.92 Å². The number of sulfonamides is 1. The molecule has 1 saturated heterocycles. The highest BCUT2D eigenvalue weighted by Gasteiger charge is 2.43. The second-order valence-corrected chi connectivity index (χ2v) is 6.87. The summed E-state index contributed by atoms with van der Waals surface area (Å²) in [5.41, 5.74) is 1.54. The van der Waals surface area contributed by atoms with Crippen molar-refractivity contribution in [1.29, 1.82) is 0 Å². The monoisotopic (exact) mass is 314 g/mol. The summed E-state index contributed by atoms with van der Waals surface area (Å²) < 4.78 is 31.4. The molecule has 1 aromatic carbocycles. The van der Waals surface area contributed by atoms with Crippen LogP contribution in [0, 0.1) is 5.92 Å². The summed E-state index contributed by atoms with van der Waals surface area (Å²) in [6.45, 7) is 2.02. The third-order valence-corrected chi connectivity index (χ3v) is 5.59. The first-order valence-electron chi connectivity index (χ1n) is 6.51. The van der Waals surface area contributed by atoms with Crippen molar-refractivity contribution >= 4 is 15.9 Å². The second kappa shape index (κ2) is 6.00. The molecular formula is C13H18N2O5S. The molecule has 1 aromatic rings. The van der Waals surface area contributed by atoms with Crippen molar-refractivity contribution in [1.82, 2.24) is 9.79 Å². The van der Waals surface area contributed by atoms with Crippen molar-refractivity contribution in [2.75, 3.05) is 13.7 Å². The van der Waals surface area contributed by atoms with E-state index in [4.69, 9.17) is 9.94 Å². The van der Waals surface area contributed by atoms with Crippen LogP contribution in [0.4, 0.5) is 0 Å². The van der Waals surface area contributed by atoms with Crippen molar-refractivity contribution in [3.8, 4) is 5.75 Å². The molecule has 116 valence electrons. The summed E-state index contributed by atoms with van der Waals surface area (Å²) in [5.74, 6) is -0.323. The van der Waals surface area contributed by atoms with E-state index in [9.17, 15) is 13.2 Å². The summed E-state index contributed by atoms with van der Waals surface area (Å²) in [7, 11) is -2.30. The van der Waals surface area contributed by atoms with Crippen LogP contribution in [0.2, 0.25) is 0 Å².